The van der Waals surface area contributed by atoms with E-state index in [4.69, 9.17) is 15.2 Å². The first-order valence-corrected chi connectivity index (χ1v) is 5.17. The van der Waals surface area contributed by atoms with Gasteiger partial charge < -0.3 is 15.2 Å². The van der Waals surface area contributed by atoms with Crippen LogP contribution in [0.4, 0.5) is 0 Å². The largest absolute Gasteiger partial charge is 0.382 e. The van der Waals surface area contributed by atoms with Crippen molar-refractivity contribution in [3.05, 3.63) is 0 Å². The number of ether oxygens (including phenoxy) is 2. The Balaban J connectivity index is 1.93. The molecule has 0 saturated heterocycles. The first-order valence-electron chi connectivity index (χ1n) is 5.17. The first-order chi connectivity index (χ1) is 6.34. The van der Waals surface area contributed by atoms with E-state index in [0.29, 0.717) is 25.2 Å². The summed E-state index contributed by atoms with van der Waals surface area (Å²) in [5.41, 5.74) is 5.94. The molecule has 2 N–H and O–H groups in total. The third-order valence-electron chi connectivity index (χ3n) is 2.78. The van der Waals surface area contributed by atoms with Crippen molar-refractivity contribution < 1.29 is 9.47 Å². The third-order valence-corrected chi connectivity index (χ3v) is 2.78. The lowest BCUT2D eigenvalue weighted by Gasteiger charge is -2.14. The fourth-order valence-electron chi connectivity index (χ4n) is 1.90. The molecule has 0 aliphatic heterocycles. The second-order valence-corrected chi connectivity index (χ2v) is 3.75. The average molecular weight is 187 g/mol. The second-order valence-electron chi connectivity index (χ2n) is 3.75. The summed E-state index contributed by atoms with van der Waals surface area (Å²) in [5.74, 6) is 0.697. The van der Waals surface area contributed by atoms with E-state index in [1.165, 1.54) is 19.3 Å². The van der Waals surface area contributed by atoms with Crippen molar-refractivity contribution in [2.75, 3.05) is 26.9 Å². The van der Waals surface area contributed by atoms with Crippen molar-refractivity contribution in [1.29, 1.82) is 0 Å². The summed E-state index contributed by atoms with van der Waals surface area (Å²) >= 11 is 0. The summed E-state index contributed by atoms with van der Waals surface area (Å²) in [4.78, 5) is 0. The Hall–Kier alpha value is -0.120. The van der Waals surface area contributed by atoms with E-state index in [1.54, 1.807) is 7.11 Å². The molecule has 1 rings (SSSR count). The number of nitrogens with two attached hydrogens (primary N) is 1. The summed E-state index contributed by atoms with van der Waals surface area (Å²) in [7, 11) is 1.69. The molecule has 1 aliphatic rings. The topological polar surface area (TPSA) is 44.5 Å². The lowest BCUT2D eigenvalue weighted by molar-refractivity contribution is 0.0632. The van der Waals surface area contributed by atoms with E-state index >= 15 is 0 Å². The zero-order valence-electron chi connectivity index (χ0n) is 8.50. The van der Waals surface area contributed by atoms with E-state index < -0.39 is 0 Å². The number of hydrogen-bond donors (Lipinski definition) is 1. The van der Waals surface area contributed by atoms with Gasteiger partial charge in [-0.05, 0) is 25.2 Å². The summed E-state index contributed by atoms with van der Waals surface area (Å²) < 4.78 is 10.3. The molecule has 0 bridgehead atoms. The van der Waals surface area contributed by atoms with Crippen molar-refractivity contribution in [2.24, 2.45) is 11.7 Å². The van der Waals surface area contributed by atoms with Crippen LogP contribution in [-0.2, 0) is 9.47 Å². The van der Waals surface area contributed by atoms with E-state index in [0.717, 1.165) is 13.0 Å². The number of rotatable bonds is 6. The smallest absolute Gasteiger partial charge is 0.0700 e. The molecule has 0 aromatic rings. The van der Waals surface area contributed by atoms with Gasteiger partial charge >= 0.3 is 0 Å². The molecule has 2 atom stereocenters. The minimum Gasteiger partial charge on any atom is -0.382 e. The van der Waals surface area contributed by atoms with Crippen LogP contribution in [0.25, 0.3) is 0 Å². The highest BCUT2D eigenvalue weighted by Crippen LogP contribution is 2.26. The van der Waals surface area contributed by atoms with Crippen LogP contribution < -0.4 is 5.73 Å². The minimum atomic E-state index is 0.422. The molecule has 78 valence electrons. The maximum atomic E-state index is 5.94. The summed E-state index contributed by atoms with van der Waals surface area (Å²) in [6.45, 7) is 2.23. The molecule has 1 saturated carbocycles. The van der Waals surface area contributed by atoms with Gasteiger partial charge in [-0.3, -0.25) is 0 Å². The summed E-state index contributed by atoms with van der Waals surface area (Å²) in [5, 5.41) is 0. The molecule has 0 spiro atoms. The monoisotopic (exact) mass is 187 g/mol. The van der Waals surface area contributed by atoms with Gasteiger partial charge in [0.2, 0.25) is 0 Å². The van der Waals surface area contributed by atoms with Gasteiger partial charge in [0.05, 0.1) is 13.2 Å². The normalized spacial score (nSPS) is 28.2. The molecule has 0 aromatic carbocycles. The Labute approximate surface area is 80.6 Å². The number of hydrogen-bond acceptors (Lipinski definition) is 3. The Morgan fingerprint density at radius 1 is 1.23 bits per heavy atom. The van der Waals surface area contributed by atoms with Gasteiger partial charge in [-0.25, -0.2) is 0 Å². The molecule has 3 heteroatoms. The Kier molecular flexibility index (Phi) is 5.35. The molecule has 13 heavy (non-hydrogen) atoms. The first kappa shape index (κ1) is 11.0. The Morgan fingerprint density at radius 3 is 2.69 bits per heavy atom. The maximum Gasteiger partial charge on any atom is 0.0700 e. The highest BCUT2D eigenvalue weighted by atomic mass is 16.5. The molecule has 1 fully saturated rings. The van der Waals surface area contributed by atoms with Gasteiger partial charge in [0, 0.05) is 19.8 Å². The maximum absolute atomic E-state index is 5.94. The van der Waals surface area contributed by atoms with Crippen LogP contribution in [0.5, 0.6) is 0 Å². The van der Waals surface area contributed by atoms with Crippen LogP contribution >= 0.6 is 0 Å². The summed E-state index contributed by atoms with van der Waals surface area (Å²) in [6.07, 6.45) is 4.90. The van der Waals surface area contributed by atoms with E-state index in [9.17, 15) is 0 Å². The minimum absolute atomic E-state index is 0.422. The van der Waals surface area contributed by atoms with Crippen molar-refractivity contribution in [2.45, 2.75) is 31.7 Å². The van der Waals surface area contributed by atoms with Crippen LogP contribution in [0.3, 0.4) is 0 Å². The molecule has 0 radical (unpaired) electrons. The Morgan fingerprint density at radius 2 is 2.08 bits per heavy atom. The zero-order valence-corrected chi connectivity index (χ0v) is 8.50. The summed E-state index contributed by atoms with van der Waals surface area (Å²) in [6, 6.07) is 0.422. The van der Waals surface area contributed by atoms with Gasteiger partial charge in [0.15, 0.2) is 0 Å². The van der Waals surface area contributed by atoms with Gasteiger partial charge in [0.25, 0.3) is 0 Å². The van der Waals surface area contributed by atoms with Crippen molar-refractivity contribution in [3.8, 4) is 0 Å². The molecule has 3 nitrogen and oxygen atoms in total. The highest BCUT2D eigenvalue weighted by molar-refractivity contribution is 4.79. The molecular weight excluding hydrogens is 166 g/mol. The predicted molar refractivity (Wildman–Crippen MR) is 52.6 cm³/mol. The highest BCUT2D eigenvalue weighted by Gasteiger charge is 2.22. The quantitative estimate of drug-likeness (QED) is 0.635. The SMILES string of the molecule is COCCOCCC1CCCC1N. The second kappa shape index (κ2) is 6.35. The standard InChI is InChI=1S/C10H21NO2/c1-12-7-8-13-6-5-9-3-2-4-10(9)11/h9-10H,2-8,11H2,1H3. The van der Waals surface area contributed by atoms with E-state index in [2.05, 4.69) is 0 Å². The molecule has 0 amide bonds. The van der Waals surface area contributed by atoms with Crippen LogP contribution in [-0.4, -0.2) is 33.0 Å². The average Bonchev–Trinajstić information content (AvgIpc) is 2.52. The molecule has 0 aromatic heterocycles. The Bertz CT molecular complexity index is 130. The molecule has 0 heterocycles. The fraction of sp³-hybridized carbons (Fsp3) is 1.00. The van der Waals surface area contributed by atoms with Crippen LogP contribution in [0.2, 0.25) is 0 Å². The van der Waals surface area contributed by atoms with Gasteiger partial charge in [-0.2, -0.15) is 0 Å². The van der Waals surface area contributed by atoms with Gasteiger partial charge in [0.1, 0.15) is 0 Å². The van der Waals surface area contributed by atoms with Gasteiger partial charge in [-0.15, -0.1) is 0 Å². The van der Waals surface area contributed by atoms with Crippen LogP contribution in [0, 0.1) is 5.92 Å². The van der Waals surface area contributed by atoms with Crippen molar-refractivity contribution in [1.82, 2.24) is 0 Å². The third kappa shape index (κ3) is 4.07. The lowest BCUT2D eigenvalue weighted by atomic mass is 10.0. The van der Waals surface area contributed by atoms with E-state index in [-0.39, 0.29) is 0 Å². The predicted octanol–water partition coefficient (Wildman–Crippen LogP) is 1.17. The molecular formula is C10H21NO2. The van der Waals surface area contributed by atoms with Gasteiger partial charge in [-0.1, -0.05) is 6.42 Å². The van der Waals surface area contributed by atoms with Crippen LogP contribution in [0.1, 0.15) is 25.7 Å². The lowest BCUT2D eigenvalue weighted by Crippen LogP contribution is -2.25. The van der Waals surface area contributed by atoms with Crippen molar-refractivity contribution >= 4 is 0 Å². The van der Waals surface area contributed by atoms with Crippen molar-refractivity contribution in [3.63, 3.8) is 0 Å². The van der Waals surface area contributed by atoms with Crippen LogP contribution in [0.15, 0.2) is 0 Å². The zero-order chi connectivity index (χ0) is 9.52. The molecule has 1 aliphatic carbocycles. The number of methoxy groups -OCH3 is 1. The molecule has 2 unspecified atom stereocenters. The fourth-order valence-corrected chi connectivity index (χ4v) is 1.90. The van der Waals surface area contributed by atoms with E-state index in [1.807, 2.05) is 0 Å².